The first-order chi connectivity index (χ1) is 38.6. The van der Waals surface area contributed by atoms with Crippen molar-refractivity contribution in [1.29, 1.82) is 0 Å². The van der Waals surface area contributed by atoms with Crippen LogP contribution in [0.25, 0.3) is 90.9 Å². The molecule has 13 heteroatoms. The number of H-pyrrole nitrogens is 2. The Bertz CT molecular complexity index is 3410. The average Bonchev–Trinajstić information content (AvgIpc) is 4.32. The van der Waals surface area contributed by atoms with Gasteiger partial charge in [0.1, 0.15) is 23.0 Å². The van der Waals surface area contributed by atoms with Crippen LogP contribution in [0.5, 0.6) is 23.0 Å². The molecule has 12 nitrogen and oxygen atoms in total. The van der Waals surface area contributed by atoms with Gasteiger partial charge in [-0.15, -0.1) is 0 Å². The molecule has 0 atom stereocenters. The number of aromatic nitrogens is 4. The van der Waals surface area contributed by atoms with Crippen molar-refractivity contribution in [3.8, 4) is 67.5 Å². The van der Waals surface area contributed by atoms with Gasteiger partial charge < -0.3 is 28.9 Å². The largest absolute Gasteiger partial charge is 0.423 e. The van der Waals surface area contributed by atoms with Gasteiger partial charge in [0, 0.05) is 114 Å². The van der Waals surface area contributed by atoms with E-state index in [2.05, 4.69) is 9.97 Å². The van der Waals surface area contributed by atoms with Gasteiger partial charge in [0.25, 0.3) is 0 Å². The molecule has 0 aliphatic carbocycles. The van der Waals surface area contributed by atoms with E-state index in [1.807, 2.05) is 152 Å². The monoisotopic (exact) mass is 1090 g/mol. The molecule has 2 aliphatic rings. The van der Waals surface area contributed by atoms with Crippen molar-refractivity contribution < 1.29 is 38.1 Å². The molecule has 0 saturated carbocycles. The predicted molar refractivity (Wildman–Crippen MR) is 325 cm³/mol. The van der Waals surface area contributed by atoms with Crippen LogP contribution in [0.2, 0.25) is 0 Å². The number of nitrogens with zero attached hydrogens (tertiary/aromatic N) is 2. The Labute approximate surface area is 487 Å². The van der Waals surface area contributed by atoms with Gasteiger partial charge in [0.2, 0.25) is 0 Å². The zero-order valence-electron chi connectivity index (χ0n) is 46.7. The number of esters is 4. The van der Waals surface area contributed by atoms with Crippen LogP contribution in [0.3, 0.4) is 0 Å². The van der Waals surface area contributed by atoms with Crippen LogP contribution in [-0.2, 0) is 19.2 Å². The van der Waals surface area contributed by atoms with Gasteiger partial charge >= 0.3 is 23.9 Å². The Kier molecular flexibility index (Phi) is 19.0. The number of carbonyl (C=O) groups excluding carboxylic acids is 4. The fourth-order valence-corrected chi connectivity index (χ4v) is 9.04. The minimum atomic E-state index is -0.543. The minimum absolute atomic E-state index is 0. The fraction of sp³-hybridized carbons (Fsp3) is 0.176. The number of benzene rings is 4. The van der Waals surface area contributed by atoms with Crippen LogP contribution in [0, 0.1) is 23.7 Å². The lowest BCUT2D eigenvalue weighted by Gasteiger charge is -2.12. The first-order valence-electron chi connectivity index (χ1n) is 26.7. The molecule has 4 aromatic carbocycles. The molecule has 2 radical (unpaired) electrons. The molecular weight excluding hydrogens is 1030 g/mol. The van der Waals surface area contributed by atoms with Crippen molar-refractivity contribution in [2.45, 2.75) is 55.4 Å². The van der Waals surface area contributed by atoms with Crippen LogP contribution in [0.1, 0.15) is 78.2 Å². The van der Waals surface area contributed by atoms with E-state index in [4.69, 9.17) is 28.9 Å². The van der Waals surface area contributed by atoms with Gasteiger partial charge in [-0.1, -0.05) is 152 Å². The molecule has 9 rings (SSSR count). The van der Waals surface area contributed by atoms with Crippen LogP contribution in [0.15, 0.2) is 170 Å². The maximum Gasteiger partial charge on any atom is 0.335 e. The second-order valence-corrected chi connectivity index (χ2v) is 20.6. The minimum Gasteiger partial charge on any atom is -0.423 e. The number of rotatable bonds is 16. The van der Waals surface area contributed by atoms with Crippen molar-refractivity contribution in [3.63, 3.8) is 0 Å². The van der Waals surface area contributed by atoms with E-state index in [9.17, 15) is 19.2 Å². The maximum atomic E-state index is 13.5. The zero-order chi connectivity index (χ0) is 56.5. The second kappa shape index (κ2) is 26.4. The third kappa shape index (κ3) is 14.1. The highest BCUT2D eigenvalue weighted by Crippen LogP contribution is 2.44. The average molecular weight is 1090 g/mol. The zero-order valence-corrected chi connectivity index (χ0v) is 48.1. The van der Waals surface area contributed by atoms with Crippen molar-refractivity contribution in [3.05, 3.63) is 193 Å². The summed E-state index contributed by atoms with van der Waals surface area (Å²) in [4.78, 5) is 72.2. The quantitative estimate of drug-likeness (QED) is 0.0412. The summed E-state index contributed by atoms with van der Waals surface area (Å²) in [6.07, 6.45) is 20.4. The van der Waals surface area contributed by atoms with Gasteiger partial charge in [0.05, 0.1) is 22.8 Å². The molecule has 81 heavy (non-hydrogen) atoms. The molecule has 2 N–H and O–H groups in total. The summed E-state index contributed by atoms with van der Waals surface area (Å²) in [6, 6.07) is 36.9. The highest BCUT2D eigenvalue weighted by molar-refractivity contribution is 6.03. The van der Waals surface area contributed by atoms with Crippen LogP contribution < -0.4 is 18.9 Å². The van der Waals surface area contributed by atoms with Gasteiger partial charge in [-0.25, -0.2) is 29.1 Å². The van der Waals surface area contributed by atoms with E-state index in [0.717, 1.165) is 0 Å². The van der Waals surface area contributed by atoms with E-state index in [1.165, 1.54) is 24.3 Å². The highest BCUT2D eigenvalue weighted by atomic mass is 24.3. The van der Waals surface area contributed by atoms with Gasteiger partial charge in [-0.05, 0) is 96.5 Å². The van der Waals surface area contributed by atoms with Crippen molar-refractivity contribution in [1.82, 2.24) is 19.9 Å². The van der Waals surface area contributed by atoms with Gasteiger partial charge in [-0.3, -0.25) is 0 Å². The number of aromatic amines is 2. The fourth-order valence-electron chi connectivity index (χ4n) is 9.04. The maximum absolute atomic E-state index is 13.5. The van der Waals surface area contributed by atoms with Crippen LogP contribution in [0.4, 0.5) is 0 Å². The summed E-state index contributed by atoms with van der Waals surface area (Å²) in [7, 11) is 0. The van der Waals surface area contributed by atoms with Gasteiger partial charge in [-0.2, -0.15) is 0 Å². The third-order valence-electron chi connectivity index (χ3n) is 12.7. The van der Waals surface area contributed by atoms with Crippen LogP contribution in [-0.4, -0.2) is 66.9 Å². The molecule has 3 aromatic heterocycles. The summed E-state index contributed by atoms with van der Waals surface area (Å²) in [5.74, 6) is -0.539. The van der Waals surface area contributed by atoms with Crippen LogP contribution >= 0.6 is 0 Å². The molecule has 0 amide bonds. The first kappa shape index (κ1) is 58.2. The van der Waals surface area contributed by atoms with Crippen molar-refractivity contribution >= 4 is 93.3 Å². The standard InChI is InChI=1S/C68H62N4O8.Mg/c1-41(2)25-37-61(73)77-57-21-13-9-17-45(57)65-49-29-31-51(69-49)66(46-18-10-14-22-58(46)78-62(74)38-26-42(3)4)53-33-35-55(71-53)68(48-20-12-16-24-60(48)80-64(76)40-28-44(7)8)56-36-34-54(72-56)67(52-32-30-50(65)70-52)47-19-11-15-23-59(47)79-63(75)39-27-43(5)6;/h9-44,69,72H,1-8H3;. The summed E-state index contributed by atoms with van der Waals surface area (Å²) < 4.78 is 24.5. The van der Waals surface area contributed by atoms with Crippen molar-refractivity contribution in [2.75, 3.05) is 0 Å². The molecule has 5 heterocycles. The Hall–Kier alpha value is -8.91. The molecule has 0 fully saturated rings. The number of ether oxygens (including phenoxy) is 4. The smallest absolute Gasteiger partial charge is 0.335 e. The number of hydrogen-bond donors (Lipinski definition) is 2. The lowest BCUT2D eigenvalue weighted by atomic mass is 10.0. The van der Waals surface area contributed by atoms with E-state index in [0.29, 0.717) is 112 Å². The molecule has 0 spiro atoms. The number of fused-ring (bicyclic) bond motifs is 8. The Morgan fingerprint density at radius 2 is 0.556 bits per heavy atom. The topological polar surface area (TPSA) is 163 Å². The highest BCUT2D eigenvalue weighted by Gasteiger charge is 2.24. The number of para-hydroxylation sites is 4. The van der Waals surface area contributed by atoms with E-state index >= 15 is 0 Å². The molecule has 404 valence electrons. The van der Waals surface area contributed by atoms with E-state index in [-0.39, 0.29) is 46.7 Å². The Morgan fingerprint density at radius 3 is 0.765 bits per heavy atom. The number of allylic oxidation sites excluding steroid dienone is 4. The summed E-state index contributed by atoms with van der Waals surface area (Å²) >= 11 is 0. The SMILES string of the molecule is CC(C)C=CC(=O)Oc1ccccc1-c1c2nc(c(-c3ccccc3OC(=O)C=CC(C)C)c3ccc([nH]3)c(-c3ccccc3OC(=O)C=CC(C)C)c3nc(c(-c4ccccc4OC(=O)C=CC(C)C)c4ccc1[nH]4)C=C3)C=C2.[Mg]. The summed E-state index contributed by atoms with van der Waals surface area (Å²) in [6.45, 7) is 15.8. The van der Waals surface area contributed by atoms with E-state index in [1.54, 1.807) is 72.8 Å². The molecule has 8 bridgehead atoms. The summed E-state index contributed by atoms with van der Waals surface area (Å²) in [5, 5.41) is 0. The molecule has 0 saturated heterocycles. The number of nitrogens with one attached hydrogen (secondary N) is 2. The Morgan fingerprint density at radius 1 is 0.346 bits per heavy atom. The van der Waals surface area contributed by atoms with E-state index < -0.39 is 23.9 Å². The third-order valence-corrected chi connectivity index (χ3v) is 12.7. The number of hydrogen-bond acceptors (Lipinski definition) is 10. The lowest BCUT2D eigenvalue weighted by Crippen LogP contribution is -2.06. The van der Waals surface area contributed by atoms with Gasteiger partial charge in [0.15, 0.2) is 0 Å². The van der Waals surface area contributed by atoms with Crippen molar-refractivity contribution in [2.24, 2.45) is 23.7 Å². The first-order valence-corrected chi connectivity index (χ1v) is 26.7. The normalized spacial score (nSPS) is 12.2. The Balaban J connectivity index is 0.00000860. The summed E-state index contributed by atoms with van der Waals surface area (Å²) in [5.41, 5.74) is 9.06. The molecular formula is C68H62MgN4O8. The lowest BCUT2D eigenvalue weighted by molar-refractivity contribution is -0.129. The predicted octanol–water partition coefficient (Wildman–Crippen LogP) is 15.4. The molecule has 2 aliphatic heterocycles. The molecule has 0 unspecified atom stereocenters. The second-order valence-electron chi connectivity index (χ2n) is 20.6. The molecule has 7 aromatic rings. The number of carbonyl (C=O) groups is 4.